The lowest BCUT2D eigenvalue weighted by atomic mass is 9.80. The van der Waals surface area contributed by atoms with Gasteiger partial charge in [-0.15, -0.1) is 0 Å². The van der Waals surface area contributed by atoms with E-state index in [0.29, 0.717) is 6.61 Å². The smallest absolute Gasteiger partial charge is 0.143 e. The third kappa shape index (κ3) is 4.29. The minimum absolute atomic E-state index is 0.614. The fourth-order valence-corrected chi connectivity index (χ4v) is 3.64. The van der Waals surface area contributed by atoms with Crippen LogP contribution in [0.15, 0.2) is 91.0 Å². The van der Waals surface area contributed by atoms with Crippen molar-refractivity contribution in [2.45, 2.75) is 19.4 Å². The second-order valence-electron chi connectivity index (χ2n) is 6.65. The van der Waals surface area contributed by atoms with Crippen LogP contribution in [0.4, 0.5) is 0 Å². The van der Waals surface area contributed by atoms with Crippen LogP contribution >= 0.6 is 0 Å². The summed E-state index contributed by atoms with van der Waals surface area (Å²) in [5.74, 6) is 0. The van der Waals surface area contributed by atoms with Gasteiger partial charge in [0.2, 0.25) is 0 Å². The van der Waals surface area contributed by atoms with Gasteiger partial charge in [0.15, 0.2) is 0 Å². The maximum absolute atomic E-state index is 6.78. The fourth-order valence-electron chi connectivity index (χ4n) is 3.64. The highest BCUT2D eigenvalue weighted by molar-refractivity contribution is 5.47. The summed E-state index contributed by atoms with van der Waals surface area (Å²) in [6, 6.07) is 31.7. The fraction of sp³-hybridized carbons (Fsp3) is 0.280. The summed E-state index contributed by atoms with van der Waals surface area (Å²) in [6.45, 7) is 8.05. The lowest BCUT2D eigenvalue weighted by molar-refractivity contribution is 0.00207. The molecule has 0 saturated heterocycles. The molecule has 0 fully saturated rings. The highest BCUT2D eigenvalue weighted by Crippen LogP contribution is 2.40. The number of hydrogen-bond acceptors (Lipinski definition) is 2. The standard InChI is InChI=1S/C25H29NO/c1-3-26(4-2)20-21-27-25(22-14-8-5-9-15-22,23-16-10-6-11-17-23)24-18-12-7-13-19-24/h5-19H,3-4,20-21H2,1-2H3. The van der Waals surface area contributed by atoms with Crippen molar-refractivity contribution in [2.24, 2.45) is 0 Å². The molecule has 2 nitrogen and oxygen atoms in total. The maximum atomic E-state index is 6.78. The van der Waals surface area contributed by atoms with E-state index in [1.165, 1.54) is 0 Å². The molecule has 0 amide bonds. The van der Waals surface area contributed by atoms with Gasteiger partial charge >= 0.3 is 0 Å². The van der Waals surface area contributed by atoms with E-state index in [9.17, 15) is 0 Å². The Hall–Kier alpha value is -2.42. The molecule has 0 heterocycles. The first-order valence-corrected chi connectivity index (χ1v) is 9.84. The van der Waals surface area contributed by atoms with Crippen LogP contribution in [-0.4, -0.2) is 31.1 Å². The first-order chi connectivity index (χ1) is 13.3. The molecule has 0 saturated carbocycles. The number of likely N-dealkylation sites (N-methyl/N-ethyl adjacent to an activating group) is 1. The third-order valence-corrected chi connectivity index (χ3v) is 5.16. The lowest BCUT2D eigenvalue weighted by Gasteiger charge is -2.36. The van der Waals surface area contributed by atoms with E-state index in [0.717, 1.165) is 36.3 Å². The van der Waals surface area contributed by atoms with E-state index >= 15 is 0 Å². The van der Waals surface area contributed by atoms with E-state index in [1.54, 1.807) is 0 Å². The van der Waals surface area contributed by atoms with E-state index in [2.05, 4.69) is 110 Å². The molecule has 0 bridgehead atoms. The molecular weight excluding hydrogens is 330 g/mol. The summed E-state index contributed by atoms with van der Waals surface area (Å²) in [5.41, 5.74) is 2.85. The number of benzene rings is 3. The number of ether oxygens (including phenoxy) is 1. The summed E-state index contributed by atoms with van der Waals surface area (Å²) >= 11 is 0. The SMILES string of the molecule is CCN(CC)CCOC(c1ccccc1)(c1ccccc1)c1ccccc1. The van der Waals surface area contributed by atoms with Crippen LogP contribution in [0, 0.1) is 0 Å². The van der Waals surface area contributed by atoms with Gasteiger partial charge in [0.1, 0.15) is 5.60 Å². The minimum Gasteiger partial charge on any atom is -0.360 e. The van der Waals surface area contributed by atoms with Crippen molar-refractivity contribution in [3.05, 3.63) is 108 Å². The van der Waals surface area contributed by atoms with Gasteiger partial charge in [0.25, 0.3) is 0 Å². The van der Waals surface area contributed by atoms with Crippen LogP contribution in [0.25, 0.3) is 0 Å². The van der Waals surface area contributed by atoms with E-state index < -0.39 is 5.60 Å². The van der Waals surface area contributed by atoms with Gasteiger partial charge in [-0.25, -0.2) is 0 Å². The second kappa shape index (κ2) is 9.50. The molecule has 0 spiro atoms. The molecule has 0 N–H and O–H groups in total. The average Bonchev–Trinajstić information content (AvgIpc) is 2.76. The highest BCUT2D eigenvalue weighted by atomic mass is 16.5. The Bertz CT molecular complexity index is 686. The zero-order valence-corrected chi connectivity index (χ0v) is 16.3. The zero-order valence-electron chi connectivity index (χ0n) is 16.3. The Morgan fingerprint density at radius 3 is 1.33 bits per heavy atom. The van der Waals surface area contributed by atoms with Crippen LogP contribution in [0.2, 0.25) is 0 Å². The van der Waals surface area contributed by atoms with Gasteiger partial charge in [0.05, 0.1) is 6.61 Å². The quantitative estimate of drug-likeness (QED) is 0.478. The molecule has 3 aromatic rings. The summed E-state index contributed by atoms with van der Waals surface area (Å²) in [4.78, 5) is 2.39. The Morgan fingerprint density at radius 1 is 0.630 bits per heavy atom. The van der Waals surface area contributed by atoms with Crippen molar-refractivity contribution < 1.29 is 4.74 Å². The van der Waals surface area contributed by atoms with Gasteiger partial charge in [-0.2, -0.15) is 0 Å². The molecule has 2 heteroatoms. The second-order valence-corrected chi connectivity index (χ2v) is 6.65. The molecule has 27 heavy (non-hydrogen) atoms. The van der Waals surface area contributed by atoms with Crippen molar-refractivity contribution in [1.82, 2.24) is 4.90 Å². The third-order valence-electron chi connectivity index (χ3n) is 5.16. The molecule has 0 aliphatic carbocycles. The normalized spacial score (nSPS) is 11.7. The van der Waals surface area contributed by atoms with Crippen molar-refractivity contribution in [3.8, 4) is 0 Å². The molecule has 0 aliphatic heterocycles. The summed E-state index contributed by atoms with van der Waals surface area (Å²) in [6.07, 6.45) is 0. The topological polar surface area (TPSA) is 12.5 Å². The molecule has 0 unspecified atom stereocenters. The Balaban J connectivity index is 2.08. The molecule has 3 rings (SSSR count). The molecular formula is C25H29NO. The molecule has 0 radical (unpaired) electrons. The number of rotatable bonds is 9. The van der Waals surface area contributed by atoms with Crippen molar-refractivity contribution >= 4 is 0 Å². The van der Waals surface area contributed by atoms with Crippen LogP contribution in [-0.2, 0) is 10.3 Å². The van der Waals surface area contributed by atoms with Crippen LogP contribution in [0.5, 0.6) is 0 Å². The van der Waals surface area contributed by atoms with Crippen LogP contribution < -0.4 is 0 Å². The molecule has 140 valence electrons. The number of hydrogen-bond donors (Lipinski definition) is 0. The van der Waals surface area contributed by atoms with E-state index in [4.69, 9.17) is 4.74 Å². The number of nitrogens with zero attached hydrogens (tertiary/aromatic N) is 1. The monoisotopic (exact) mass is 359 g/mol. The summed E-state index contributed by atoms with van der Waals surface area (Å²) < 4.78 is 6.78. The summed E-state index contributed by atoms with van der Waals surface area (Å²) in [5, 5.41) is 0. The van der Waals surface area contributed by atoms with Crippen molar-refractivity contribution in [1.29, 1.82) is 0 Å². The van der Waals surface area contributed by atoms with Crippen LogP contribution in [0.3, 0.4) is 0 Å². The molecule has 0 atom stereocenters. The van der Waals surface area contributed by atoms with Crippen molar-refractivity contribution in [3.63, 3.8) is 0 Å². The first kappa shape index (κ1) is 19.3. The van der Waals surface area contributed by atoms with Gasteiger partial charge in [0, 0.05) is 6.54 Å². The first-order valence-electron chi connectivity index (χ1n) is 9.84. The largest absolute Gasteiger partial charge is 0.360 e. The summed E-state index contributed by atoms with van der Waals surface area (Å²) in [7, 11) is 0. The van der Waals surface area contributed by atoms with Gasteiger partial charge in [-0.05, 0) is 29.8 Å². The van der Waals surface area contributed by atoms with Crippen molar-refractivity contribution in [2.75, 3.05) is 26.2 Å². The van der Waals surface area contributed by atoms with Crippen LogP contribution in [0.1, 0.15) is 30.5 Å². The predicted molar refractivity (Wildman–Crippen MR) is 113 cm³/mol. The molecule has 0 aliphatic rings. The van der Waals surface area contributed by atoms with Gasteiger partial charge < -0.3 is 9.64 Å². The maximum Gasteiger partial charge on any atom is 0.143 e. The van der Waals surface area contributed by atoms with E-state index in [1.807, 2.05) is 0 Å². The Labute approximate surface area is 163 Å². The minimum atomic E-state index is -0.614. The Kier molecular flexibility index (Phi) is 6.80. The van der Waals surface area contributed by atoms with E-state index in [-0.39, 0.29) is 0 Å². The zero-order chi connectivity index (χ0) is 19.0. The van der Waals surface area contributed by atoms with Gasteiger partial charge in [-0.3, -0.25) is 0 Å². The highest BCUT2D eigenvalue weighted by Gasteiger charge is 2.37. The van der Waals surface area contributed by atoms with Gasteiger partial charge in [-0.1, -0.05) is 105 Å². The molecule has 3 aromatic carbocycles. The molecule has 0 aromatic heterocycles. The predicted octanol–water partition coefficient (Wildman–Crippen LogP) is 5.34. The Morgan fingerprint density at radius 2 is 1.00 bits per heavy atom. The lowest BCUT2D eigenvalue weighted by Crippen LogP contribution is -2.36. The average molecular weight is 360 g/mol.